The zero-order valence-corrected chi connectivity index (χ0v) is 11.1. The number of rotatable bonds is 2. The van der Waals surface area contributed by atoms with E-state index in [0.29, 0.717) is 10.6 Å². The fourth-order valence-corrected chi connectivity index (χ4v) is 1.89. The van der Waals surface area contributed by atoms with Crippen LogP contribution in [0, 0.1) is 0 Å². The number of halogens is 1. The van der Waals surface area contributed by atoms with Gasteiger partial charge >= 0.3 is 0 Å². The summed E-state index contributed by atoms with van der Waals surface area (Å²) in [5, 5.41) is 10.4. The number of hydrogen-bond donors (Lipinski definition) is 2. The fourth-order valence-electron chi connectivity index (χ4n) is 1.67. The number of aromatic hydroxyl groups is 1. The van der Waals surface area contributed by atoms with Gasteiger partial charge in [0.15, 0.2) is 11.5 Å². The number of guanidine groups is 1. The highest BCUT2D eigenvalue weighted by Crippen LogP contribution is 2.35. The molecule has 0 radical (unpaired) electrons. The van der Waals surface area contributed by atoms with Gasteiger partial charge in [0.1, 0.15) is 5.70 Å². The van der Waals surface area contributed by atoms with Crippen molar-refractivity contribution in [1.29, 1.82) is 0 Å². The van der Waals surface area contributed by atoms with Gasteiger partial charge in [-0.25, -0.2) is 0 Å². The Labute approximate surface area is 114 Å². The van der Waals surface area contributed by atoms with Crippen molar-refractivity contribution in [3.05, 3.63) is 28.4 Å². The zero-order chi connectivity index (χ0) is 14.2. The molecule has 0 saturated heterocycles. The van der Waals surface area contributed by atoms with Gasteiger partial charge in [-0.05, 0) is 12.1 Å². The number of methoxy groups -OCH3 is 1. The Balaban J connectivity index is 2.50. The third kappa shape index (κ3) is 2.34. The van der Waals surface area contributed by atoms with Gasteiger partial charge in [-0.3, -0.25) is 4.79 Å². The first kappa shape index (κ1) is 13.2. The Morgan fingerprint density at radius 2 is 2.21 bits per heavy atom. The molecule has 1 aromatic rings. The number of phenolic OH excluding ortho intramolecular Hbond substituents is 1. The Morgan fingerprint density at radius 3 is 2.74 bits per heavy atom. The van der Waals surface area contributed by atoms with Crippen LogP contribution in [-0.4, -0.2) is 36.0 Å². The highest BCUT2D eigenvalue weighted by atomic mass is 35.5. The molecule has 0 aliphatic carbocycles. The molecule has 1 heterocycles. The van der Waals surface area contributed by atoms with Crippen molar-refractivity contribution in [2.75, 3.05) is 14.2 Å². The fraction of sp³-hybridized carbons (Fsp3) is 0.167. The SMILES string of the molecule is COc1cc(Cl)cc(/C=C2/C(=O)N=C(N)N2C)c1O. The molecule has 0 spiro atoms. The summed E-state index contributed by atoms with van der Waals surface area (Å²) >= 11 is 5.92. The van der Waals surface area contributed by atoms with Crippen molar-refractivity contribution in [1.82, 2.24) is 4.90 Å². The van der Waals surface area contributed by atoms with Crippen LogP contribution in [0.25, 0.3) is 6.08 Å². The van der Waals surface area contributed by atoms with E-state index in [-0.39, 0.29) is 23.2 Å². The van der Waals surface area contributed by atoms with Crippen molar-refractivity contribution in [2.24, 2.45) is 10.7 Å². The summed E-state index contributed by atoms with van der Waals surface area (Å²) in [7, 11) is 3.02. The molecule has 0 saturated carbocycles. The minimum atomic E-state index is -0.474. The summed E-state index contributed by atoms with van der Waals surface area (Å²) in [6, 6.07) is 2.99. The molecule has 0 aromatic heterocycles. The summed E-state index contributed by atoms with van der Waals surface area (Å²) in [5.41, 5.74) is 6.14. The Kier molecular flexibility index (Phi) is 3.35. The second-order valence-corrected chi connectivity index (χ2v) is 4.35. The molecule has 19 heavy (non-hydrogen) atoms. The van der Waals surface area contributed by atoms with E-state index in [9.17, 15) is 9.90 Å². The molecule has 0 fully saturated rings. The number of nitrogens with zero attached hydrogens (tertiary/aromatic N) is 2. The van der Waals surface area contributed by atoms with Crippen LogP contribution < -0.4 is 10.5 Å². The molecule has 1 aromatic carbocycles. The number of carbonyl (C=O) groups is 1. The lowest BCUT2D eigenvalue weighted by Gasteiger charge is -2.12. The van der Waals surface area contributed by atoms with Crippen LogP contribution in [-0.2, 0) is 4.79 Å². The number of ether oxygens (including phenoxy) is 1. The highest BCUT2D eigenvalue weighted by Gasteiger charge is 2.25. The molecule has 3 N–H and O–H groups in total. The summed E-state index contributed by atoms with van der Waals surface area (Å²) in [6.07, 6.45) is 1.45. The second-order valence-electron chi connectivity index (χ2n) is 3.91. The van der Waals surface area contributed by atoms with Gasteiger partial charge in [0.2, 0.25) is 5.96 Å². The molecule has 1 aliphatic heterocycles. The van der Waals surface area contributed by atoms with Crippen LogP contribution in [0.3, 0.4) is 0 Å². The maximum Gasteiger partial charge on any atom is 0.296 e. The number of benzene rings is 1. The van der Waals surface area contributed by atoms with Crippen molar-refractivity contribution < 1.29 is 14.6 Å². The van der Waals surface area contributed by atoms with Gasteiger partial charge in [0.25, 0.3) is 5.91 Å². The summed E-state index contributed by atoms with van der Waals surface area (Å²) < 4.78 is 4.99. The molecule has 0 atom stereocenters. The number of amides is 1. The summed E-state index contributed by atoms with van der Waals surface area (Å²) in [5.74, 6) is -0.254. The van der Waals surface area contributed by atoms with Gasteiger partial charge in [-0.2, -0.15) is 4.99 Å². The second kappa shape index (κ2) is 4.81. The minimum absolute atomic E-state index is 0.102. The van der Waals surface area contributed by atoms with Gasteiger partial charge in [0, 0.05) is 23.7 Å². The van der Waals surface area contributed by atoms with Crippen molar-refractivity contribution >= 4 is 29.5 Å². The molecule has 2 rings (SSSR count). The predicted octanol–water partition coefficient (Wildman–Crippen LogP) is 1.18. The van der Waals surface area contributed by atoms with E-state index >= 15 is 0 Å². The minimum Gasteiger partial charge on any atom is -0.504 e. The van der Waals surface area contributed by atoms with E-state index < -0.39 is 5.91 Å². The largest absolute Gasteiger partial charge is 0.504 e. The summed E-state index contributed by atoms with van der Waals surface area (Å²) in [6.45, 7) is 0. The number of nitrogens with two attached hydrogens (primary N) is 1. The molecule has 0 bridgehead atoms. The maximum absolute atomic E-state index is 11.6. The van der Waals surface area contributed by atoms with Crippen LogP contribution in [0.1, 0.15) is 5.56 Å². The van der Waals surface area contributed by atoms with E-state index in [1.54, 1.807) is 7.05 Å². The first-order valence-electron chi connectivity index (χ1n) is 5.34. The lowest BCUT2D eigenvalue weighted by molar-refractivity contribution is -0.114. The molecule has 0 unspecified atom stereocenters. The van der Waals surface area contributed by atoms with Gasteiger partial charge in [-0.15, -0.1) is 0 Å². The van der Waals surface area contributed by atoms with Gasteiger partial charge in [-0.1, -0.05) is 11.6 Å². The third-order valence-corrected chi connectivity index (χ3v) is 2.94. The first-order valence-corrected chi connectivity index (χ1v) is 5.72. The van der Waals surface area contributed by atoms with Crippen molar-refractivity contribution in [2.45, 2.75) is 0 Å². The number of hydrogen-bond acceptors (Lipinski definition) is 5. The number of carbonyl (C=O) groups excluding carboxylic acids is 1. The lowest BCUT2D eigenvalue weighted by atomic mass is 10.1. The lowest BCUT2D eigenvalue weighted by Crippen LogP contribution is -2.28. The molecule has 7 heteroatoms. The quantitative estimate of drug-likeness (QED) is 0.795. The van der Waals surface area contributed by atoms with E-state index in [0.717, 1.165) is 0 Å². The van der Waals surface area contributed by atoms with Crippen molar-refractivity contribution in [3.63, 3.8) is 0 Å². The standard InChI is InChI=1S/C12H12ClN3O3/c1-16-8(11(18)15-12(16)14)4-6-3-7(13)5-9(19-2)10(6)17/h3-5,17H,1-2H3,(H2,14,15,18)/b8-4-. The smallest absolute Gasteiger partial charge is 0.296 e. The van der Waals surface area contributed by atoms with Gasteiger partial charge < -0.3 is 20.5 Å². The zero-order valence-electron chi connectivity index (χ0n) is 10.3. The van der Waals surface area contributed by atoms with Crippen LogP contribution in [0.4, 0.5) is 0 Å². The number of likely N-dealkylation sites (N-methyl/N-ethyl adjacent to an activating group) is 1. The normalized spacial score (nSPS) is 17.0. The molecular weight excluding hydrogens is 270 g/mol. The van der Waals surface area contributed by atoms with E-state index in [2.05, 4.69) is 4.99 Å². The van der Waals surface area contributed by atoms with E-state index in [1.807, 2.05) is 0 Å². The predicted molar refractivity (Wildman–Crippen MR) is 72.0 cm³/mol. The highest BCUT2D eigenvalue weighted by molar-refractivity contribution is 6.31. The van der Waals surface area contributed by atoms with Crippen LogP contribution in [0.15, 0.2) is 22.8 Å². The molecule has 1 aliphatic rings. The monoisotopic (exact) mass is 281 g/mol. The molecular formula is C12H12ClN3O3. The van der Waals surface area contributed by atoms with Gasteiger partial charge in [0.05, 0.1) is 7.11 Å². The maximum atomic E-state index is 11.6. The number of aliphatic imine (C=N–C) groups is 1. The van der Waals surface area contributed by atoms with Crippen molar-refractivity contribution in [3.8, 4) is 11.5 Å². The van der Waals surface area contributed by atoms with E-state index in [4.69, 9.17) is 22.1 Å². The molecule has 100 valence electrons. The average molecular weight is 282 g/mol. The summed E-state index contributed by atoms with van der Waals surface area (Å²) in [4.78, 5) is 16.7. The average Bonchev–Trinajstić information content (AvgIpc) is 2.60. The Hall–Kier alpha value is -2.21. The topological polar surface area (TPSA) is 88.1 Å². The Morgan fingerprint density at radius 1 is 1.53 bits per heavy atom. The Bertz CT molecular complexity index is 610. The third-order valence-electron chi connectivity index (χ3n) is 2.72. The molecule has 6 nitrogen and oxygen atoms in total. The van der Waals surface area contributed by atoms with Crippen LogP contribution >= 0.6 is 11.6 Å². The first-order chi connectivity index (χ1) is 8.93. The van der Waals surface area contributed by atoms with E-state index in [1.165, 1.54) is 30.2 Å². The van der Waals surface area contributed by atoms with Crippen LogP contribution in [0.2, 0.25) is 5.02 Å². The van der Waals surface area contributed by atoms with Crippen LogP contribution in [0.5, 0.6) is 11.5 Å². The molecule has 1 amide bonds. The number of phenols is 1.